The van der Waals surface area contributed by atoms with Crippen LogP contribution in [0.2, 0.25) is 0 Å². The average molecular weight is 380 g/mol. The number of hydrogen-bond donors (Lipinski definition) is 1. The van der Waals surface area contributed by atoms with Crippen LogP contribution in [0.4, 0.5) is 0 Å². The largest absolute Gasteiger partial charge is 0.361 e. The average Bonchev–Trinajstić information content (AvgIpc) is 2.74. The van der Waals surface area contributed by atoms with Gasteiger partial charge in [0.05, 0.1) is 13.2 Å². The SMILES string of the molecule is CCNC(=O)[C@@]1(Cc2ccccc2-c2ccccc2)CN(C(=O)CC)CCO1. The molecule has 0 saturated carbocycles. The molecule has 1 aliphatic rings. The highest BCUT2D eigenvalue weighted by molar-refractivity contribution is 5.87. The van der Waals surface area contributed by atoms with E-state index >= 15 is 0 Å². The molecular weight excluding hydrogens is 352 g/mol. The Hall–Kier alpha value is -2.66. The standard InChI is InChI=1S/C23H28N2O3/c1-3-21(26)25-14-15-28-23(17-25,22(27)24-4-2)16-19-12-8-9-13-20(19)18-10-6-5-7-11-18/h5-13H,3-4,14-17H2,1-2H3,(H,24,27)/t23-/m1/s1. The van der Waals surface area contributed by atoms with Crippen molar-refractivity contribution in [1.29, 1.82) is 0 Å². The highest BCUT2D eigenvalue weighted by atomic mass is 16.5. The van der Waals surface area contributed by atoms with E-state index < -0.39 is 5.60 Å². The first kappa shape index (κ1) is 20.1. The van der Waals surface area contributed by atoms with Crippen LogP contribution in [-0.2, 0) is 20.7 Å². The quantitative estimate of drug-likeness (QED) is 0.838. The topological polar surface area (TPSA) is 58.6 Å². The maximum atomic E-state index is 13.1. The lowest BCUT2D eigenvalue weighted by atomic mass is 9.87. The number of nitrogens with zero attached hydrogens (tertiary/aromatic N) is 1. The Labute approximate surface area is 166 Å². The molecule has 1 aliphatic heterocycles. The van der Waals surface area contributed by atoms with Gasteiger partial charge in [-0.2, -0.15) is 0 Å². The fourth-order valence-corrected chi connectivity index (χ4v) is 3.75. The first-order valence-electron chi connectivity index (χ1n) is 9.93. The van der Waals surface area contributed by atoms with Gasteiger partial charge in [0.25, 0.3) is 5.91 Å². The molecule has 0 unspecified atom stereocenters. The molecule has 0 bridgehead atoms. The lowest BCUT2D eigenvalue weighted by Crippen LogP contribution is -2.62. The van der Waals surface area contributed by atoms with Crippen molar-refractivity contribution in [2.75, 3.05) is 26.2 Å². The van der Waals surface area contributed by atoms with Crippen molar-refractivity contribution in [2.45, 2.75) is 32.3 Å². The highest BCUT2D eigenvalue weighted by Crippen LogP contribution is 2.30. The summed E-state index contributed by atoms with van der Waals surface area (Å²) >= 11 is 0. The predicted molar refractivity (Wildman–Crippen MR) is 110 cm³/mol. The minimum atomic E-state index is -1.08. The summed E-state index contributed by atoms with van der Waals surface area (Å²) in [5, 5.41) is 2.91. The fourth-order valence-electron chi connectivity index (χ4n) is 3.75. The van der Waals surface area contributed by atoms with E-state index in [4.69, 9.17) is 4.74 Å². The number of ether oxygens (including phenoxy) is 1. The monoisotopic (exact) mass is 380 g/mol. The van der Waals surface area contributed by atoms with E-state index in [0.717, 1.165) is 16.7 Å². The first-order chi connectivity index (χ1) is 13.6. The zero-order valence-electron chi connectivity index (χ0n) is 16.6. The van der Waals surface area contributed by atoms with Gasteiger partial charge < -0.3 is 15.0 Å². The van der Waals surface area contributed by atoms with Crippen molar-refractivity contribution < 1.29 is 14.3 Å². The van der Waals surface area contributed by atoms with Crippen LogP contribution < -0.4 is 5.32 Å². The van der Waals surface area contributed by atoms with Gasteiger partial charge in [0.1, 0.15) is 0 Å². The van der Waals surface area contributed by atoms with Gasteiger partial charge >= 0.3 is 0 Å². The summed E-state index contributed by atoms with van der Waals surface area (Å²) < 4.78 is 6.09. The van der Waals surface area contributed by atoms with Crippen LogP contribution in [0, 0.1) is 0 Å². The van der Waals surface area contributed by atoms with Crippen LogP contribution in [0.5, 0.6) is 0 Å². The lowest BCUT2D eigenvalue weighted by molar-refractivity contribution is -0.165. The Bertz CT molecular complexity index is 822. The van der Waals surface area contributed by atoms with Crippen LogP contribution in [0.25, 0.3) is 11.1 Å². The first-order valence-corrected chi connectivity index (χ1v) is 9.93. The number of carbonyl (C=O) groups is 2. The van der Waals surface area contributed by atoms with Crippen molar-refractivity contribution >= 4 is 11.8 Å². The Morgan fingerprint density at radius 1 is 1.07 bits per heavy atom. The highest BCUT2D eigenvalue weighted by Gasteiger charge is 2.45. The Morgan fingerprint density at radius 2 is 1.79 bits per heavy atom. The molecule has 3 rings (SSSR count). The number of carbonyl (C=O) groups excluding carboxylic acids is 2. The van der Waals surface area contributed by atoms with E-state index in [1.807, 2.05) is 50.2 Å². The Kier molecular flexibility index (Phi) is 6.47. The van der Waals surface area contributed by atoms with Crippen molar-refractivity contribution in [2.24, 2.45) is 0 Å². The van der Waals surface area contributed by atoms with Crippen LogP contribution in [0.15, 0.2) is 54.6 Å². The van der Waals surface area contributed by atoms with Crippen LogP contribution in [0.3, 0.4) is 0 Å². The Balaban J connectivity index is 1.97. The summed E-state index contributed by atoms with van der Waals surface area (Å²) in [5.74, 6) is -0.111. The minimum Gasteiger partial charge on any atom is -0.361 e. The molecule has 1 heterocycles. The summed E-state index contributed by atoms with van der Waals surface area (Å²) in [6, 6.07) is 18.2. The van der Waals surface area contributed by atoms with Crippen molar-refractivity contribution in [3.8, 4) is 11.1 Å². The van der Waals surface area contributed by atoms with E-state index in [0.29, 0.717) is 32.5 Å². The molecule has 2 amide bonds. The van der Waals surface area contributed by atoms with Crippen molar-refractivity contribution in [3.05, 3.63) is 60.2 Å². The third-order valence-corrected chi connectivity index (χ3v) is 5.17. The van der Waals surface area contributed by atoms with Gasteiger partial charge in [-0.15, -0.1) is 0 Å². The van der Waals surface area contributed by atoms with Gasteiger partial charge in [-0.1, -0.05) is 61.5 Å². The second-order valence-electron chi connectivity index (χ2n) is 7.07. The van der Waals surface area contributed by atoms with Gasteiger partial charge in [-0.25, -0.2) is 0 Å². The summed E-state index contributed by atoms with van der Waals surface area (Å²) in [5.41, 5.74) is 2.13. The molecule has 2 aromatic carbocycles. The van der Waals surface area contributed by atoms with Gasteiger partial charge in [0, 0.05) is 25.9 Å². The molecule has 0 aliphatic carbocycles. The fraction of sp³-hybridized carbons (Fsp3) is 0.391. The van der Waals surface area contributed by atoms with Crippen LogP contribution in [0.1, 0.15) is 25.8 Å². The molecule has 1 fully saturated rings. The molecule has 1 saturated heterocycles. The number of nitrogens with one attached hydrogen (secondary N) is 1. The summed E-state index contributed by atoms with van der Waals surface area (Å²) in [4.78, 5) is 27.1. The molecule has 5 nitrogen and oxygen atoms in total. The van der Waals surface area contributed by atoms with Gasteiger partial charge in [0.2, 0.25) is 5.91 Å². The van der Waals surface area contributed by atoms with Gasteiger partial charge in [-0.05, 0) is 23.6 Å². The number of benzene rings is 2. The Morgan fingerprint density at radius 3 is 2.50 bits per heavy atom. The van der Waals surface area contributed by atoms with E-state index in [1.165, 1.54) is 0 Å². The lowest BCUT2D eigenvalue weighted by Gasteiger charge is -2.42. The smallest absolute Gasteiger partial charge is 0.254 e. The minimum absolute atomic E-state index is 0.0494. The summed E-state index contributed by atoms with van der Waals surface area (Å²) in [6.45, 7) is 5.41. The zero-order valence-corrected chi connectivity index (χ0v) is 16.6. The third-order valence-electron chi connectivity index (χ3n) is 5.17. The van der Waals surface area contributed by atoms with Gasteiger partial charge in [0.15, 0.2) is 5.60 Å². The third kappa shape index (κ3) is 4.25. The maximum absolute atomic E-state index is 13.1. The molecule has 2 aromatic rings. The second kappa shape index (κ2) is 9.02. The summed E-state index contributed by atoms with van der Waals surface area (Å²) in [7, 11) is 0. The van der Waals surface area contributed by atoms with E-state index in [9.17, 15) is 9.59 Å². The normalized spacial score (nSPS) is 19.3. The van der Waals surface area contributed by atoms with Crippen molar-refractivity contribution in [3.63, 3.8) is 0 Å². The number of rotatable bonds is 6. The molecule has 0 aromatic heterocycles. The van der Waals surface area contributed by atoms with Crippen LogP contribution >= 0.6 is 0 Å². The van der Waals surface area contributed by atoms with Crippen molar-refractivity contribution in [1.82, 2.24) is 10.2 Å². The number of hydrogen-bond acceptors (Lipinski definition) is 3. The second-order valence-corrected chi connectivity index (χ2v) is 7.07. The van der Waals surface area contributed by atoms with Crippen LogP contribution in [-0.4, -0.2) is 48.6 Å². The molecule has 0 radical (unpaired) electrons. The predicted octanol–water partition coefficient (Wildman–Crippen LogP) is 3.04. The zero-order chi connectivity index (χ0) is 20.0. The molecule has 1 N–H and O–H groups in total. The number of likely N-dealkylation sites (N-methyl/N-ethyl adjacent to an activating group) is 1. The van der Waals surface area contributed by atoms with E-state index in [-0.39, 0.29) is 18.4 Å². The molecule has 148 valence electrons. The molecule has 1 atom stereocenters. The molecule has 28 heavy (non-hydrogen) atoms. The summed E-state index contributed by atoms with van der Waals surface area (Å²) in [6.07, 6.45) is 0.837. The van der Waals surface area contributed by atoms with Gasteiger partial charge in [-0.3, -0.25) is 9.59 Å². The number of morpholine rings is 1. The molecule has 0 spiro atoms. The maximum Gasteiger partial charge on any atom is 0.254 e. The number of amides is 2. The molecule has 5 heteroatoms. The molecular formula is C23H28N2O3. The van der Waals surface area contributed by atoms with E-state index in [2.05, 4.69) is 23.5 Å². The van der Waals surface area contributed by atoms with E-state index in [1.54, 1.807) is 4.90 Å².